The second-order valence-corrected chi connectivity index (χ2v) is 4.84. The van der Waals surface area contributed by atoms with Crippen LogP contribution in [0.4, 0.5) is 0 Å². The van der Waals surface area contributed by atoms with Crippen molar-refractivity contribution in [2.75, 3.05) is 0 Å². The summed E-state index contributed by atoms with van der Waals surface area (Å²) in [6, 6.07) is 5.44. The smallest absolute Gasteiger partial charge is 0.262 e. The molecule has 0 amide bonds. The molecule has 1 aromatic carbocycles. The number of rotatable bonds is 0. The molecule has 1 aliphatic rings. The van der Waals surface area contributed by atoms with Gasteiger partial charge in [0.2, 0.25) is 0 Å². The van der Waals surface area contributed by atoms with Crippen LogP contribution in [0.25, 0.3) is 10.9 Å². The minimum absolute atomic E-state index is 0.0116. The second kappa shape index (κ2) is 4.15. The van der Waals surface area contributed by atoms with E-state index in [1.54, 1.807) is 10.6 Å². The minimum atomic E-state index is 0.0116. The van der Waals surface area contributed by atoms with Crippen molar-refractivity contribution in [3.8, 4) is 0 Å². The zero-order chi connectivity index (χ0) is 11.8. The van der Waals surface area contributed by atoms with Crippen molar-refractivity contribution < 1.29 is 0 Å². The van der Waals surface area contributed by atoms with E-state index < -0.39 is 0 Å². The molecular weight excluding hydrogens is 236 g/mol. The standard InChI is InChI=1S/C13H13ClN2O/c14-9-5-4-6-10-12(9)13(17)16-8-3-1-2-7-11(16)15-10/h4-6H,1-3,7-8H2. The first-order chi connectivity index (χ1) is 8.27. The number of hydrogen-bond acceptors (Lipinski definition) is 2. The molecule has 0 saturated carbocycles. The number of aryl methyl sites for hydroxylation is 1. The van der Waals surface area contributed by atoms with Crippen LogP contribution in [0.15, 0.2) is 23.0 Å². The minimum Gasteiger partial charge on any atom is -0.296 e. The monoisotopic (exact) mass is 248 g/mol. The summed E-state index contributed by atoms with van der Waals surface area (Å²) in [6.07, 6.45) is 4.20. The lowest BCUT2D eigenvalue weighted by Gasteiger charge is -2.10. The predicted octanol–water partition coefficient (Wildman–Crippen LogP) is 2.78. The van der Waals surface area contributed by atoms with Gasteiger partial charge in [0.1, 0.15) is 5.82 Å². The highest BCUT2D eigenvalue weighted by molar-refractivity contribution is 6.35. The van der Waals surface area contributed by atoms with Gasteiger partial charge in [0.05, 0.1) is 15.9 Å². The molecule has 2 heterocycles. The quantitative estimate of drug-likeness (QED) is 0.719. The van der Waals surface area contributed by atoms with Gasteiger partial charge in [-0.25, -0.2) is 4.98 Å². The lowest BCUT2D eigenvalue weighted by atomic mass is 10.2. The predicted molar refractivity (Wildman–Crippen MR) is 68.6 cm³/mol. The number of fused-ring (bicyclic) bond motifs is 2. The molecule has 3 nitrogen and oxygen atoms in total. The third kappa shape index (κ3) is 1.75. The van der Waals surface area contributed by atoms with Gasteiger partial charge in [-0.2, -0.15) is 0 Å². The van der Waals surface area contributed by atoms with E-state index in [9.17, 15) is 4.79 Å². The van der Waals surface area contributed by atoms with Crippen molar-refractivity contribution in [3.05, 3.63) is 39.4 Å². The number of benzene rings is 1. The number of hydrogen-bond donors (Lipinski definition) is 0. The Balaban J connectivity index is 2.38. The molecule has 2 aromatic rings. The van der Waals surface area contributed by atoms with Crippen LogP contribution < -0.4 is 5.56 Å². The molecular formula is C13H13ClN2O. The molecule has 3 rings (SSSR count). The van der Waals surface area contributed by atoms with E-state index in [2.05, 4.69) is 4.98 Å². The van der Waals surface area contributed by atoms with Gasteiger partial charge in [-0.1, -0.05) is 24.1 Å². The molecule has 0 atom stereocenters. The van der Waals surface area contributed by atoms with Crippen LogP contribution in [0.5, 0.6) is 0 Å². The number of halogens is 1. The summed E-state index contributed by atoms with van der Waals surface area (Å²) < 4.78 is 1.79. The topological polar surface area (TPSA) is 34.9 Å². The average Bonchev–Trinajstić information content (AvgIpc) is 2.54. The fraction of sp³-hybridized carbons (Fsp3) is 0.385. The van der Waals surface area contributed by atoms with Crippen LogP contribution in [0.2, 0.25) is 5.02 Å². The van der Waals surface area contributed by atoms with Crippen LogP contribution in [0.3, 0.4) is 0 Å². The Morgan fingerprint density at radius 1 is 1.24 bits per heavy atom. The summed E-state index contributed by atoms with van der Waals surface area (Å²) in [6.45, 7) is 0.766. The Bertz CT molecular complexity index is 633. The lowest BCUT2D eigenvalue weighted by Crippen LogP contribution is -2.24. The molecule has 17 heavy (non-hydrogen) atoms. The molecule has 0 radical (unpaired) electrons. The Hall–Kier alpha value is -1.35. The van der Waals surface area contributed by atoms with Crippen LogP contribution in [0.1, 0.15) is 25.1 Å². The van der Waals surface area contributed by atoms with Crippen molar-refractivity contribution in [2.24, 2.45) is 0 Å². The molecule has 0 N–H and O–H groups in total. The van der Waals surface area contributed by atoms with Gasteiger partial charge in [-0.05, 0) is 25.0 Å². The number of nitrogens with zero attached hydrogens (tertiary/aromatic N) is 2. The zero-order valence-corrected chi connectivity index (χ0v) is 10.2. The Morgan fingerprint density at radius 3 is 3.00 bits per heavy atom. The summed E-state index contributed by atoms with van der Waals surface area (Å²) in [5.74, 6) is 0.905. The highest BCUT2D eigenvalue weighted by Gasteiger charge is 2.14. The maximum absolute atomic E-state index is 12.4. The molecule has 0 unspecified atom stereocenters. The van der Waals surface area contributed by atoms with Crippen molar-refractivity contribution in [2.45, 2.75) is 32.2 Å². The highest BCUT2D eigenvalue weighted by Crippen LogP contribution is 2.20. The Morgan fingerprint density at radius 2 is 2.12 bits per heavy atom. The Labute approximate surface area is 104 Å². The van der Waals surface area contributed by atoms with E-state index in [1.807, 2.05) is 12.1 Å². The molecule has 0 spiro atoms. The van der Waals surface area contributed by atoms with Crippen molar-refractivity contribution in [1.82, 2.24) is 9.55 Å². The fourth-order valence-corrected chi connectivity index (χ4v) is 2.67. The number of aromatic nitrogens is 2. The first-order valence-electron chi connectivity index (χ1n) is 5.95. The maximum atomic E-state index is 12.4. The van der Waals surface area contributed by atoms with Gasteiger partial charge >= 0.3 is 0 Å². The second-order valence-electron chi connectivity index (χ2n) is 4.43. The van der Waals surface area contributed by atoms with Crippen LogP contribution >= 0.6 is 11.6 Å². The summed E-state index contributed by atoms with van der Waals surface area (Å²) in [5, 5.41) is 1.05. The van der Waals surface area contributed by atoms with E-state index in [0.717, 1.165) is 43.6 Å². The normalized spacial score (nSPS) is 15.6. The van der Waals surface area contributed by atoms with Crippen molar-refractivity contribution >= 4 is 22.5 Å². The molecule has 0 bridgehead atoms. The first-order valence-corrected chi connectivity index (χ1v) is 6.33. The Kier molecular flexibility index (Phi) is 2.63. The summed E-state index contributed by atoms with van der Waals surface area (Å²) >= 11 is 6.09. The van der Waals surface area contributed by atoms with E-state index >= 15 is 0 Å². The molecule has 1 aromatic heterocycles. The van der Waals surface area contributed by atoms with Gasteiger partial charge in [0.15, 0.2) is 0 Å². The van der Waals surface area contributed by atoms with Crippen LogP contribution in [-0.4, -0.2) is 9.55 Å². The summed E-state index contributed by atoms with van der Waals surface area (Å²) in [7, 11) is 0. The molecule has 0 fully saturated rings. The van der Waals surface area contributed by atoms with Gasteiger partial charge < -0.3 is 0 Å². The highest BCUT2D eigenvalue weighted by atomic mass is 35.5. The molecule has 88 valence electrons. The lowest BCUT2D eigenvalue weighted by molar-refractivity contribution is 0.614. The van der Waals surface area contributed by atoms with Gasteiger partial charge in [0.25, 0.3) is 5.56 Å². The average molecular weight is 249 g/mol. The SMILES string of the molecule is O=c1c2c(Cl)cccc2nc2n1CCCCC2. The fourth-order valence-electron chi connectivity index (χ4n) is 2.42. The van der Waals surface area contributed by atoms with Crippen LogP contribution in [0, 0.1) is 0 Å². The third-order valence-corrected chi connectivity index (χ3v) is 3.61. The molecule has 0 aliphatic carbocycles. The molecule has 0 saturated heterocycles. The maximum Gasteiger partial charge on any atom is 0.262 e. The largest absolute Gasteiger partial charge is 0.296 e. The van der Waals surface area contributed by atoms with E-state index in [4.69, 9.17) is 11.6 Å². The summed E-state index contributed by atoms with van der Waals surface area (Å²) in [4.78, 5) is 17.0. The van der Waals surface area contributed by atoms with Crippen molar-refractivity contribution in [3.63, 3.8) is 0 Å². The zero-order valence-electron chi connectivity index (χ0n) is 9.45. The molecule has 1 aliphatic heterocycles. The van der Waals surface area contributed by atoms with E-state index in [0.29, 0.717) is 10.4 Å². The third-order valence-electron chi connectivity index (χ3n) is 3.29. The first kappa shape index (κ1) is 10.8. The van der Waals surface area contributed by atoms with Gasteiger partial charge in [-0.15, -0.1) is 0 Å². The van der Waals surface area contributed by atoms with Gasteiger partial charge in [0, 0.05) is 13.0 Å². The van der Waals surface area contributed by atoms with E-state index in [1.165, 1.54) is 0 Å². The van der Waals surface area contributed by atoms with Crippen molar-refractivity contribution in [1.29, 1.82) is 0 Å². The molecule has 4 heteroatoms. The summed E-state index contributed by atoms with van der Waals surface area (Å²) in [5.41, 5.74) is 0.730. The van der Waals surface area contributed by atoms with Crippen LogP contribution in [-0.2, 0) is 13.0 Å². The van der Waals surface area contributed by atoms with E-state index in [-0.39, 0.29) is 5.56 Å². The van der Waals surface area contributed by atoms with Gasteiger partial charge in [-0.3, -0.25) is 9.36 Å².